The van der Waals surface area contributed by atoms with Gasteiger partial charge in [-0.3, -0.25) is 9.59 Å². The Morgan fingerprint density at radius 2 is 2.12 bits per heavy atom. The van der Waals surface area contributed by atoms with Crippen LogP contribution in [0.2, 0.25) is 0 Å². The van der Waals surface area contributed by atoms with Gasteiger partial charge in [0.2, 0.25) is 0 Å². The van der Waals surface area contributed by atoms with Crippen LogP contribution in [0, 0.1) is 29.6 Å². The van der Waals surface area contributed by atoms with Gasteiger partial charge in [0.05, 0.1) is 12.5 Å². The molecule has 6 nitrogen and oxygen atoms in total. The van der Waals surface area contributed by atoms with Crippen molar-refractivity contribution in [3.63, 3.8) is 0 Å². The zero-order valence-corrected chi connectivity index (χ0v) is 14.1. The van der Waals surface area contributed by atoms with Crippen molar-refractivity contribution in [1.82, 2.24) is 9.80 Å². The summed E-state index contributed by atoms with van der Waals surface area (Å²) >= 11 is 0. The molecule has 2 atom stereocenters. The third kappa shape index (κ3) is 2.79. The number of allylic oxidation sites excluding steroid dienone is 2. The monoisotopic (exact) mass is 330 g/mol. The van der Waals surface area contributed by atoms with Crippen LogP contribution in [0.1, 0.15) is 33.1 Å². The average molecular weight is 330 g/mol. The Balaban J connectivity index is 1.55. The van der Waals surface area contributed by atoms with Gasteiger partial charge in [0.15, 0.2) is 6.73 Å². The summed E-state index contributed by atoms with van der Waals surface area (Å²) < 4.78 is 5.25. The van der Waals surface area contributed by atoms with E-state index in [1.54, 1.807) is 0 Å². The molecule has 0 aromatic rings. The molecule has 3 fully saturated rings. The highest BCUT2D eigenvalue weighted by atomic mass is 16.5. The Morgan fingerprint density at radius 3 is 2.71 bits per heavy atom. The molecule has 0 unspecified atom stereocenters. The molecule has 3 amide bonds. The first-order valence-electron chi connectivity index (χ1n) is 8.25. The highest BCUT2D eigenvalue weighted by Gasteiger charge is 2.61. The number of terminal acetylenes is 1. The summed E-state index contributed by atoms with van der Waals surface area (Å²) in [6, 6.07) is -0.506. The fourth-order valence-corrected chi connectivity index (χ4v) is 3.41. The third-order valence-corrected chi connectivity index (χ3v) is 5.32. The molecule has 1 saturated heterocycles. The quantitative estimate of drug-likeness (QED) is 0.333. The van der Waals surface area contributed by atoms with Gasteiger partial charge in [-0.1, -0.05) is 31.4 Å². The van der Waals surface area contributed by atoms with Crippen molar-refractivity contribution < 1.29 is 19.1 Å². The number of hydrogen-bond acceptors (Lipinski definition) is 4. The van der Waals surface area contributed by atoms with Gasteiger partial charge in [0.1, 0.15) is 6.54 Å². The molecule has 1 heterocycles. The number of esters is 1. The molecule has 2 saturated carbocycles. The minimum absolute atomic E-state index is 0.0652. The molecule has 24 heavy (non-hydrogen) atoms. The van der Waals surface area contributed by atoms with Crippen LogP contribution in [-0.2, 0) is 14.3 Å². The smallest absolute Gasteiger partial charge is 0.330 e. The summed E-state index contributed by atoms with van der Waals surface area (Å²) in [4.78, 5) is 38.4. The molecule has 1 aliphatic heterocycles. The van der Waals surface area contributed by atoms with Gasteiger partial charge in [-0.05, 0) is 30.6 Å². The Kier molecular flexibility index (Phi) is 4.12. The van der Waals surface area contributed by atoms with Gasteiger partial charge >= 0.3 is 12.0 Å². The number of rotatable bonds is 5. The predicted octanol–water partition coefficient (Wildman–Crippen LogP) is 1.77. The van der Waals surface area contributed by atoms with Crippen LogP contribution in [0.4, 0.5) is 4.79 Å². The van der Waals surface area contributed by atoms with Crippen LogP contribution >= 0.6 is 0 Å². The number of carbonyl (C=O) groups is 3. The summed E-state index contributed by atoms with van der Waals surface area (Å²) in [6.45, 7) is 3.75. The number of nitrogens with zero attached hydrogens (tertiary/aromatic N) is 2. The molecule has 3 rings (SSSR count). The maximum Gasteiger partial charge on any atom is 0.330 e. The molecule has 0 spiro atoms. The number of imide groups is 1. The normalized spacial score (nSPS) is 27.6. The van der Waals surface area contributed by atoms with Crippen molar-refractivity contribution in [3.05, 3.63) is 11.6 Å². The van der Waals surface area contributed by atoms with Crippen molar-refractivity contribution in [1.29, 1.82) is 0 Å². The standard InChI is InChI=1S/C18H22N2O4/c1-4-8-19-10-14(21)20(17(19)23)11-24-16(22)15-13(18(15,2)3)9-12-6-5-7-12/h1,9,13,15H,5-8,10-11H2,2-3H3/t13-,15+/m1/s1. The highest BCUT2D eigenvalue weighted by molar-refractivity contribution is 6.02. The fraction of sp³-hybridized carbons (Fsp3) is 0.611. The number of ether oxygens (including phenoxy) is 1. The number of hydrogen-bond donors (Lipinski definition) is 0. The van der Waals surface area contributed by atoms with E-state index in [1.165, 1.54) is 16.9 Å². The van der Waals surface area contributed by atoms with Crippen LogP contribution in [-0.4, -0.2) is 47.5 Å². The van der Waals surface area contributed by atoms with Gasteiger partial charge in [-0.2, -0.15) is 0 Å². The zero-order chi connectivity index (χ0) is 17.5. The average Bonchev–Trinajstić information content (AvgIpc) is 2.91. The molecular weight excluding hydrogens is 308 g/mol. The van der Waals surface area contributed by atoms with Gasteiger partial charge in [-0.25, -0.2) is 9.69 Å². The number of amides is 3. The van der Waals surface area contributed by atoms with E-state index in [-0.39, 0.29) is 43.0 Å². The van der Waals surface area contributed by atoms with Gasteiger partial charge in [-0.15, -0.1) is 6.42 Å². The second-order valence-corrected chi connectivity index (χ2v) is 7.26. The van der Waals surface area contributed by atoms with E-state index in [9.17, 15) is 14.4 Å². The SMILES string of the molecule is C#CCN1CC(=O)N(COC(=O)[C@@H]2[C@@H](C=C3CCC3)C2(C)C)C1=O. The largest absolute Gasteiger partial charge is 0.443 e. The molecule has 0 N–H and O–H groups in total. The summed E-state index contributed by atoms with van der Waals surface area (Å²) in [5.41, 5.74) is 1.28. The Bertz CT molecular complexity index is 652. The molecule has 0 aromatic carbocycles. The summed E-state index contributed by atoms with van der Waals surface area (Å²) in [5, 5.41) is 0. The lowest BCUT2D eigenvalue weighted by Crippen LogP contribution is -2.36. The van der Waals surface area contributed by atoms with E-state index in [2.05, 4.69) is 12.0 Å². The lowest BCUT2D eigenvalue weighted by molar-refractivity contribution is -0.151. The van der Waals surface area contributed by atoms with Gasteiger partial charge in [0.25, 0.3) is 5.91 Å². The molecule has 6 heteroatoms. The Hall–Kier alpha value is -2.29. The second kappa shape index (κ2) is 5.97. The second-order valence-electron chi connectivity index (χ2n) is 7.26. The van der Waals surface area contributed by atoms with Gasteiger partial charge in [0, 0.05) is 0 Å². The zero-order valence-electron chi connectivity index (χ0n) is 14.1. The Labute approximate surface area is 141 Å². The minimum atomic E-state index is -0.506. The maximum absolute atomic E-state index is 12.3. The molecule has 128 valence electrons. The molecule has 3 aliphatic rings. The van der Waals surface area contributed by atoms with Crippen molar-refractivity contribution >= 4 is 17.9 Å². The first-order chi connectivity index (χ1) is 11.4. The van der Waals surface area contributed by atoms with Gasteiger partial charge < -0.3 is 9.64 Å². The van der Waals surface area contributed by atoms with Crippen molar-refractivity contribution in [2.24, 2.45) is 17.3 Å². The molecular formula is C18H22N2O4. The first kappa shape index (κ1) is 16.6. The van der Waals surface area contributed by atoms with E-state index in [0.29, 0.717) is 0 Å². The maximum atomic E-state index is 12.3. The van der Waals surface area contributed by atoms with Crippen LogP contribution in [0.5, 0.6) is 0 Å². The number of carbonyl (C=O) groups excluding carboxylic acids is 3. The molecule has 0 aromatic heterocycles. The van der Waals surface area contributed by atoms with Crippen molar-refractivity contribution in [2.45, 2.75) is 33.1 Å². The summed E-state index contributed by atoms with van der Waals surface area (Å²) in [5.74, 6) is 1.56. The van der Waals surface area contributed by atoms with E-state index < -0.39 is 11.9 Å². The first-order valence-corrected chi connectivity index (χ1v) is 8.25. The van der Waals surface area contributed by atoms with E-state index >= 15 is 0 Å². The fourth-order valence-electron chi connectivity index (χ4n) is 3.41. The van der Waals surface area contributed by atoms with Crippen LogP contribution < -0.4 is 0 Å². The summed E-state index contributed by atoms with van der Waals surface area (Å²) in [7, 11) is 0. The topological polar surface area (TPSA) is 66.9 Å². The van der Waals surface area contributed by atoms with Crippen LogP contribution in [0.25, 0.3) is 0 Å². The molecule has 2 aliphatic carbocycles. The van der Waals surface area contributed by atoms with Crippen LogP contribution in [0.3, 0.4) is 0 Å². The predicted molar refractivity (Wildman–Crippen MR) is 86.3 cm³/mol. The van der Waals surface area contributed by atoms with Crippen molar-refractivity contribution in [2.75, 3.05) is 19.8 Å². The lowest BCUT2D eigenvalue weighted by atomic mass is 9.90. The lowest BCUT2D eigenvalue weighted by Gasteiger charge is -2.16. The third-order valence-electron chi connectivity index (χ3n) is 5.32. The van der Waals surface area contributed by atoms with E-state index in [1.807, 2.05) is 13.8 Å². The van der Waals surface area contributed by atoms with E-state index in [0.717, 1.165) is 17.7 Å². The highest BCUT2D eigenvalue weighted by Crippen LogP contribution is 2.60. The Morgan fingerprint density at radius 1 is 1.42 bits per heavy atom. The number of urea groups is 1. The molecule has 0 radical (unpaired) electrons. The molecule has 0 bridgehead atoms. The van der Waals surface area contributed by atoms with Crippen molar-refractivity contribution in [3.8, 4) is 12.3 Å². The van der Waals surface area contributed by atoms with E-state index in [4.69, 9.17) is 11.2 Å². The summed E-state index contributed by atoms with van der Waals surface area (Å²) in [6.07, 6.45) is 10.8. The van der Waals surface area contributed by atoms with Crippen LogP contribution in [0.15, 0.2) is 11.6 Å². The minimum Gasteiger partial charge on any atom is -0.443 e.